The molecule has 0 aromatic heterocycles. The molecule has 0 aliphatic rings. The van der Waals surface area contributed by atoms with Crippen molar-refractivity contribution < 1.29 is 20.2 Å². The number of non-ortho nitro benzene ring substituents is 1. The fourth-order valence-electron chi connectivity index (χ4n) is 1.08. The number of nitro benzene ring substituents is 1. The maximum Gasteiger partial charge on any atom is 0.273 e. The Hall–Kier alpha value is -1.86. The third-order valence-corrected chi connectivity index (χ3v) is 1.93. The summed E-state index contributed by atoms with van der Waals surface area (Å²) in [5, 5.41) is 40.0. The molecule has 88 valence electrons. The fraction of sp³-hybridized carbons (Fsp3) is 0.333. The number of nitro groups is 1. The van der Waals surface area contributed by atoms with E-state index in [2.05, 4.69) is 5.32 Å². The van der Waals surface area contributed by atoms with Crippen LogP contribution >= 0.6 is 0 Å². The average molecular weight is 228 g/mol. The molecule has 4 N–H and O–H groups in total. The van der Waals surface area contributed by atoms with E-state index in [0.29, 0.717) is 0 Å². The SMILES string of the molecule is O=[N+]([O-])c1ccc(NCC(O)CO)c(O)c1. The molecule has 0 bridgehead atoms. The number of hydrogen-bond acceptors (Lipinski definition) is 6. The van der Waals surface area contributed by atoms with E-state index in [-0.39, 0.29) is 23.7 Å². The molecule has 16 heavy (non-hydrogen) atoms. The van der Waals surface area contributed by atoms with E-state index in [1.807, 2.05) is 0 Å². The van der Waals surface area contributed by atoms with Gasteiger partial charge in [-0.05, 0) is 6.07 Å². The summed E-state index contributed by atoms with van der Waals surface area (Å²) in [7, 11) is 0. The summed E-state index contributed by atoms with van der Waals surface area (Å²) < 4.78 is 0. The Morgan fingerprint density at radius 3 is 2.69 bits per heavy atom. The summed E-state index contributed by atoms with van der Waals surface area (Å²) in [6.45, 7) is -0.359. The molecule has 1 aromatic carbocycles. The molecule has 0 aliphatic heterocycles. The Balaban J connectivity index is 2.72. The predicted octanol–water partition coefficient (Wildman–Crippen LogP) is 0.0655. The van der Waals surface area contributed by atoms with Crippen LogP contribution in [-0.4, -0.2) is 39.5 Å². The minimum atomic E-state index is -0.949. The summed E-state index contributed by atoms with van der Waals surface area (Å²) in [6.07, 6.45) is -0.949. The molecule has 0 radical (unpaired) electrons. The predicted molar refractivity (Wildman–Crippen MR) is 56.3 cm³/mol. The Morgan fingerprint density at radius 2 is 2.19 bits per heavy atom. The number of benzene rings is 1. The summed E-state index contributed by atoms with van der Waals surface area (Å²) in [4.78, 5) is 9.76. The van der Waals surface area contributed by atoms with Crippen LogP contribution in [0.3, 0.4) is 0 Å². The Labute approximate surface area is 91.1 Å². The van der Waals surface area contributed by atoms with Gasteiger partial charge in [0.05, 0.1) is 29.4 Å². The molecule has 0 amide bonds. The number of rotatable bonds is 5. The van der Waals surface area contributed by atoms with Crippen LogP contribution in [0.5, 0.6) is 5.75 Å². The van der Waals surface area contributed by atoms with E-state index in [1.165, 1.54) is 12.1 Å². The lowest BCUT2D eigenvalue weighted by molar-refractivity contribution is -0.384. The number of aliphatic hydroxyl groups is 2. The second kappa shape index (κ2) is 5.29. The minimum absolute atomic E-state index is 0.0435. The molecule has 7 nitrogen and oxygen atoms in total. The number of aliphatic hydroxyl groups excluding tert-OH is 2. The van der Waals surface area contributed by atoms with Crippen LogP contribution in [0.1, 0.15) is 0 Å². The summed E-state index contributed by atoms with van der Waals surface area (Å²) >= 11 is 0. The molecule has 0 saturated carbocycles. The number of nitrogens with zero attached hydrogens (tertiary/aromatic N) is 1. The highest BCUT2D eigenvalue weighted by atomic mass is 16.6. The summed E-state index contributed by atoms with van der Waals surface area (Å²) in [6, 6.07) is 3.57. The maximum atomic E-state index is 10.4. The van der Waals surface area contributed by atoms with Gasteiger partial charge in [0.1, 0.15) is 5.75 Å². The first-order valence-corrected chi connectivity index (χ1v) is 4.54. The highest BCUT2D eigenvalue weighted by molar-refractivity contribution is 5.59. The molecule has 0 heterocycles. The first kappa shape index (κ1) is 12.2. The molecule has 1 atom stereocenters. The van der Waals surface area contributed by atoms with Gasteiger partial charge in [0.25, 0.3) is 5.69 Å². The van der Waals surface area contributed by atoms with E-state index >= 15 is 0 Å². The average Bonchev–Trinajstić information content (AvgIpc) is 2.26. The van der Waals surface area contributed by atoms with Gasteiger partial charge in [-0.3, -0.25) is 10.1 Å². The van der Waals surface area contributed by atoms with Crippen LogP contribution in [0.2, 0.25) is 0 Å². The zero-order chi connectivity index (χ0) is 12.1. The zero-order valence-electron chi connectivity index (χ0n) is 8.33. The zero-order valence-corrected chi connectivity index (χ0v) is 8.33. The van der Waals surface area contributed by atoms with Crippen molar-refractivity contribution in [3.8, 4) is 5.75 Å². The van der Waals surface area contributed by atoms with Crippen LogP contribution in [0.15, 0.2) is 18.2 Å². The Kier molecular flexibility index (Phi) is 4.03. The van der Waals surface area contributed by atoms with Gasteiger partial charge in [0.15, 0.2) is 0 Å². The summed E-state index contributed by atoms with van der Waals surface area (Å²) in [5.41, 5.74) is 0.0452. The quantitative estimate of drug-likeness (QED) is 0.322. The number of hydrogen-bond donors (Lipinski definition) is 4. The fourth-order valence-corrected chi connectivity index (χ4v) is 1.08. The van der Waals surface area contributed by atoms with Gasteiger partial charge in [-0.15, -0.1) is 0 Å². The topological polar surface area (TPSA) is 116 Å². The van der Waals surface area contributed by atoms with Crippen LogP contribution < -0.4 is 5.32 Å². The molecule has 0 fully saturated rings. The van der Waals surface area contributed by atoms with Gasteiger partial charge < -0.3 is 20.6 Å². The van der Waals surface area contributed by atoms with E-state index in [0.717, 1.165) is 6.07 Å². The number of anilines is 1. The van der Waals surface area contributed by atoms with E-state index in [1.54, 1.807) is 0 Å². The number of aromatic hydroxyl groups is 1. The molecular weight excluding hydrogens is 216 g/mol. The third-order valence-electron chi connectivity index (χ3n) is 1.93. The Bertz CT molecular complexity index is 382. The monoisotopic (exact) mass is 228 g/mol. The second-order valence-corrected chi connectivity index (χ2v) is 3.18. The van der Waals surface area contributed by atoms with E-state index in [9.17, 15) is 15.2 Å². The highest BCUT2D eigenvalue weighted by Crippen LogP contribution is 2.27. The molecule has 0 spiro atoms. The molecule has 7 heteroatoms. The standard InChI is InChI=1S/C9H12N2O5/c12-5-7(13)4-10-8-2-1-6(11(15)16)3-9(8)14/h1-3,7,10,12-14H,4-5H2. The summed E-state index contributed by atoms with van der Waals surface area (Å²) in [5.74, 6) is -0.278. The van der Waals surface area contributed by atoms with Crippen molar-refractivity contribution >= 4 is 11.4 Å². The molecule has 1 unspecified atom stereocenters. The highest BCUT2D eigenvalue weighted by Gasteiger charge is 2.10. The van der Waals surface area contributed by atoms with E-state index < -0.39 is 17.6 Å². The molecule has 0 aliphatic carbocycles. The normalized spacial score (nSPS) is 12.1. The smallest absolute Gasteiger partial charge is 0.273 e. The second-order valence-electron chi connectivity index (χ2n) is 3.18. The van der Waals surface area contributed by atoms with Crippen molar-refractivity contribution in [2.24, 2.45) is 0 Å². The molecule has 1 rings (SSSR count). The van der Waals surface area contributed by atoms with Crippen molar-refractivity contribution in [1.29, 1.82) is 0 Å². The van der Waals surface area contributed by atoms with Crippen molar-refractivity contribution in [3.05, 3.63) is 28.3 Å². The number of phenols is 1. The first-order chi connectivity index (χ1) is 7.54. The molecule has 1 aromatic rings. The van der Waals surface area contributed by atoms with Crippen molar-refractivity contribution in [2.75, 3.05) is 18.5 Å². The lowest BCUT2D eigenvalue weighted by Crippen LogP contribution is -2.22. The first-order valence-electron chi connectivity index (χ1n) is 4.54. The van der Waals surface area contributed by atoms with Gasteiger partial charge in [0.2, 0.25) is 0 Å². The van der Waals surface area contributed by atoms with Crippen molar-refractivity contribution in [2.45, 2.75) is 6.10 Å². The minimum Gasteiger partial charge on any atom is -0.506 e. The molecular formula is C9H12N2O5. The van der Waals surface area contributed by atoms with Gasteiger partial charge in [-0.2, -0.15) is 0 Å². The van der Waals surface area contributed by atoms with Crippen molar-refractivity contribution in [3.63, 3.8) is 0 Å². The lowest BCUT2D eigenvalue weighted by Gasteiger charge is -2.11. The van der Waals surface area contributed by atoms with E-state index in [4.69, 9.17) is 10.2 Å². The van der Waals surface area contributed by atoms with Crippen LogP contribution in [-0.2, 0) is 0 Å². The third kappa shape index (κ3) is 3.07. The van der Waals surface area contributed by atoms with Gasteiger partial charge in [-0.25, -0.2) is 0 Å². The molecule has 0 saturated heterocycles. The number of phenolic OH excluding ortho intramolecular Hbond substituents is 1. The van der Waals surface area contributed by atoms with Gasteiger partial charge in [0, 0.05) is 12.6 Å². The maximum absolute atomic E-state index is 10.4. The number of nitrogens with one attached hydrogen (secondary N) is 1. The van der Waals surface area contributed by atoms with Crippen LogP contribution in [0, 0.1) is 10.1 Å². The van der Waals surface area contributed by atoms with Gasteiger partial charge >= 0.3 is 0 Å². The van der Waals surface area contributed by atoms with Crippen LogP contribution in [0.25, 0.3) is 0 Å². The lowest BCUT2D eigenvalue weighted by atomic mass is 10.2. The van der Waals surface area contributed by atoms with Crippen LogP contribution in [0.4, 0.5) is 11.4 Å². The Morgan fingerprint density at radius 1 is 1.50 bits per heavy atom. The van der Waals surface area contributed by atoms with Crippen molar-refractivity contribution in [1.82, 2.24) is 0 Å². The van der Waals surface area contributed by atoms with Gasteiger partial charge in [-0.1, -0.05) is 0 Å². The largest absolute Gasteiger partial charge is 0.506 e.